The zero-order valence-electron chi connectivity index (χ0n) is 14.6. The Morgan fingerprint density at radius 3 is 2.48 bits per heavy atom. The van der Waals surface area contributed by atoms with E-state index in [0.717, 1.165) is 33.2 Å². The summed E-state index contributed by atoms with van der Waals surface area (Å²) in [7, 11) is 0. The van der Waals surface area contributed by atoms with Crippen molar-refractivity contribution in [2.24, 2.45) is 0 Å². The van der Waals surface area contributed by atoms with Crippen LogP contribution in [0.1, 0.15) is 11.1 Å². The molecule has 0 aliphatic heterocycles. The number of hydrogen-bond acceptors (Lipinski definition) is 4. The minimum Gasteiger partial charge on any atom is -0.383 e. The number of nitriles is 1. The van der Waals surface area contributed by atoms with Gasteiger partial charge in [0, 0.05) is 22.7 Å². The standard InChI is InChI=1S/C22H15FN4/c1-13-8-9-26-20-7-4-15(10-18(13)20)19-11-16(12-24)22(25)27-21(19)14-2-5-17(23)6-3-14/h2-11H,1H3,(H2,25,27). The van der Waals surface area contributed by atoms with Crippen molar-refractivity contribution >= 4 is 16.7 Å². The number of rotatable bonds is 2. The van der Waals surface area contributed by atoms with Crippen molar-refractivity contribution < 1.29 is 4.39 Å². The van der Waals surface area contributed by atoms with Gasteiger partial charge < -0.3 is 5.73 Å². The van der Waals surface area contributed by atoms with Crippen LogP contribution < -0.4 is 5.73 Å². The summed E-state index contributed by atoms with van der Waals surface area (Å²) in [4.78, 5) is 8.83. The fourth-order valence-corrected chi connectivity index (χ4v) is 3.12. The second-order valence-corrected chi connectivity index (χ2v) is 6.30. The predicted octanol–water partition coefficient (Wildman–Crippen LogP) is 4.87. The fourth-order valence-electron chi connectivity index (χ4n) is 3.12. The summed E-state index contributed by atoms with van der Waals surface area (Å²) in [5, 5.41) is 10.4. The number of benzene rings is 2. The Kier molecular flexibility index (Phi) is 4.02. The molecule has 0 atom stereocenters. The molecule has 0 spiro atoms. The predicted molar refractivity (Wildman–Crippen MR) is 104 cm³/mol. The molecule has 4 rings (SSSR count). The summed E-state index contributed by atoms with van der Waals surface area (Å²) in [5.74, 6) is -0.173. The van der Waals surface area contributed by atoms with E-state index in [-0.39, 0.29) is 11.6 Å². The van der Waals surface area contributed by atoms with E-state index in [9.17, 15) is 9.65 Å². The Bertz CT molecular complexity index is 1210. The molecule has 0 aliphatic carbocycles. The minimum atomic E-state index is -0.325. The maximum Gasteiger partial charge on any atom is 0.142 e. The van der Waals surface area contributed by atoms with Crippen LogP contribution in [0.25, 0.3) is 33.3 Å². The molecule has 2 N–H and O–H groups in total. The molecule has 0 unspecified atom stereocenters. The Labute approximate surface area is 155 Å². The van der Waals surface area contributed by atoms with E-state index >= 15 is 0 Å². The van der Waals surface area contributed by atoms with Crippen molar-refractivity contribution in [1.82, 2.24) is 9.97 Å². The summed E-state index contributed by atoms with van der Waals surface area (Å²) in [6.45, 7) is 2.02. The summed E-state index contributed by atoms with van der Waals surface area (Å²) in [6, 6.07) is 17.7. The Morgan fingerprint density at radius 1 is 1.00 bits per heavy atom. The molecule has 0 saturated heterocycles. The normalized spacial score (nSPS) is 10.7. The Balaban J connectivity index is 2.00. The zero-order valence-corrected chi connectivity index (χ0v) is 14.6. The van der Waals surface area contributed by atoms with Gasteiger partial charge in [-0.1, -0.05) is 6.07 Å². The van der Waals surface area contributed by atoms with E-state index in [0.29, 0.717) is 11.3 Å². The highest BCUT2D eigenvalue weighted by molar-refractivity contribution is 5.91. The lowest BCUT2D eigenvalue weighted by atomic mass is 9.95. The molecule has 4 aromatic rings. The van der Waals surface area contributed by atoms with Gasteiger partial charge in [-0.25, -0.2) is 9.37 Å². The first-order valence-corrected chi connectivity index (χ1v) is 8.39. The lowest BCUT2D eigenvalue weighted by molar-refractivity contribution is 0.628. The Hall–Kier alpha value is -3.78. The molecule has 130 valence electrons. The van der Waals surface area contributed by atoms with Crippen LogP contribution in [0.2, 0.25) is 0 Å². The van der Waals surface area contributed by atoms with Crippen LogP contribution in [-0.4, -0.2) is 9.97 Å². The Morgan fingerprint density at radius 2 is 1.74 bits per heavy atom. The van der Waals surface area contributed by atoms with Crippen LogP contribution in [0.4, 0.5) is 10.2 Å². The van der Waals surface area contributed by atoms with E-state index < -0.39 is 0 Å². The van der Waals surface area contributed by atoms with Crippen molar-refractivity contribution in [3.63, 3.8) is 0 Å². The molecule has 0 saturated carbocycles. The monoisotopic (exact) mass is 354 g/mol. The number of anilines is 1. The number of nitrogen functional groups attached to an aromatic ring is 1. The molecule has 27 heavy (non-hydrogen) atoms. The highest BCUT2D eigenvalue weighted by Crippen LogP contribution is 2.34. The minimum absolute atomic E-state index is 0.152. The highest BCUT2D eigenvalue weighted by atomic mass is 19.1. The van der Waals surface area contributed by atoms with E-state index in [4.69, 9.17) is 5.73 Å². The number of nitrogens with two attached hydrogens (primary N) is 1. The molecule has 5 heteroatoms. The SMILES string of the molecule is Cc1ccnc2ccc(-c3cc(C#N)c(N)nc3-c3ccc(F)cc3)cc12. The molecule has 0 bridgehead atoms. The third-order valence-corrected chi connectivity index (χ3v) is 4.56. The first-order chi connectivity index (χ1) is 13.1. The lowest BCUT2D eigenvalue weighted by Gasteiger charge is -2.13. The van der Waals surface area contributed by atoms with Gasteiger partial charge in [0.2, 0.25) is 0 Å². The average Bonchev–Trinajstić information content (AvgIpc) is 2.68. The third kappa shape index (κ3) is 2.98. The van der Waals surface area contributed by atoms with Gasteiger partial charge in [0.05, 0.1) is 16.8 Å². The number of nitrogens with zero attached hydrogens (tertiary/aromatic N) is 3. The van der Waals surface area contributed by atoms with Crippen molar-refractivity contribution in [3.05, 3.63) is 77.7 Å². The van der Waals surface area contributed by atoms with Gasteiger partial charge >= 0.3 is 0 Å². The van der Waals surface area contributed by atoms with Gasteiger partial charge in [0.25, 0.3) is 0 Å². The lowest BCUT2D eigenvalue weighted by Crippen LogP contribution is -1.99. The van der Waals surface area contributed by atoms with E-state index in [1.807, 2.05) is 31.2 Å². The maximum atomic E-state index is 13.3. The van der Waals surface area contributed by atoms with Crippen LogP contribution in [0, 0.1) is 24.1 Å². The van der Waals surface area contributed by atoms with Gasteiger partial charge in [0.1, 0.15) is 17.7 Å². The van der Waals surface area contributed by atoms with Crippen molar-refractivity contribution in [1.29, 1.82) is 5.26 Å². The first kappa shape index (κ1) is 16.7. The quantitative estimate of drug-likeness (QED) is 0.557. The molecular formula is C22H15FN4. The molecule has 2 heterocycles. The number of aryl methyl sites for hydroxylation is 1. The van der Waals surface area contributed by atoms with Gasteiger partial charge in [-0.2, -0.15) is 5.26 Å². The number of aromatic nitrogens is 2. The fraction of sp³-hybridized carbons (Fsp3) is 0.0455. The van der Waals surface area contributed by atoms with Crippen LogP contribution in [0.3, 0.4) is 0 Å². The molecule has 2 aromatic heterocycles. The molecule has 0 fully saturated rings. The van der Waals surface area contributed by atoms with Gasteiger partial charge in [-0.15, -0.1) is 0 Å². The van der Waals surface area contributed by atoms with Gasteiger partial charge in [0.15, 0.2) is 0 Å². The molecule has 4 nitrogen and oxygen atoms in total. The molecule has 2 aromatic carbocycles. The zero-order chi connectivity index (χ0) is 19.0. The van der Waals surface area contributed by atoms with E-state index in [1.54, 1.807) is 24.4 Å². The van der Waals surface area contributed by atoms with E-state index in [1.165, 1.54) is 12.1 Å². The van der Waals surface area contributed by atoms with Crippen LogP contribution >= 0.6 is 0 Å². The van der Waals surface area contributed by atoms with Crippen LogP contribution in [0.15, 0.2) is 60.8 Å². The molecule has 0 amide bonds. The number of fused-ring (bicyclic) bond motifs is 1. The summed E-state index contributed by atoms with van der Waals surface area (Å²) in [5.41, 5.74) is 11.2. The first-order valence-electron chi connectivity index (χ1n) is 8.39. The summed E-state index contributed by atoms with van der Waals surface area (Å²) >= 11 is 0. The summed E-state index contributed by atoms with van der Waals surface area (Å²) in [6.07, 6.45) is 1.78. The van der Waals surface area contributed by atoms with Crippen LogP contribution in [0.5, 0.6) is 0 Å². The molecule has 0 radical (unpaired) electrons. The molecular weight excluding hydrogens is 339 g/mol. The second kappa shape index (κ2) is 6.50. The van der Waals surface area contributed by atoms with Crippen molar-refractivity contribution in [2.45, 2.75) is 6.92 Å². The van der Waals surface area contributed by atoms with E-state index in [2.05, 4.69) is 16.0 Å². The number of pyridine rings is 2. The molecule has 0 aliphatic rings. The van der Waals surface area contributed by atoms with Crippen molar-refractivity contribution in [2.75, 3.05) is 5.73 Å². The van der Waals surface area contributed by atoms with Gasteiger partial charge in [-0.05, 0) is 66.6 Å². The summed E-state index contributed by atoms with van der Waals surface area (Å²) < 4.78 is 13.3. The third-order valence-electron chi connectivity index (χ3n) is 4.56. The largest absolute Gasteiger partial charge is 0.383 e. The number of hydrogen-bond donors (Lipinski definition) is 1. The second-order valence-electron chi connectivity index (χ2n) is 6.30. The van der Waals surface area contributed by atoms with Crippen molar-refractivity contribution in [3.8, 4) is 28.5 Å². The number of halogens is 1. The highest BCUT2D eigenvalue weighted by Gasteiger charge is 2.14. The topological polar surface area (TPSA) is 75.6 Å². The van der Waals surface area contributed by atoms with Gasteiger partial charge in [-0.3, -0.25) is 4.98 Å². The maximum absolute atomic E-state index is 13.3. The average molecular weight is 354 g/mol. The smallest absolute Gasteiger partial charge is 0.142 e. The van der Waals surface area contributed by atoms with Crippen LogP contribution in [-0.2, 0) is 0 Å².